The molecule has 0 aliphatic carbocycles. The summed E-state index contributed by atoms with van der Waals surface area (Å²) in [6.45, 7) is 4.67. The predicted octanol–water partition coefficient (Wildman–Crippen LogP) is 2.59. The van der Waals surface area contributed by atoms with Gasteiger partial charge in [-0.3, -0.25) is 4.98 Å². The van der Waals surface area contributed by atoms with E-state index in [0.717, 1.165) is 12.8 Å². The molecule has 5 nitrogen and oxygen atoms in total. The van der Waals surface area contributed by atoms with Gasteiger partial charge in [0, 0.05) is 24.4 Å². The maximum atomic E-state index is 5.75. The SMILES string of the molecule is CC(C)c1nc(N)cc(OCCCc2ccncc2)n1. The lowest BCUT2D eigenvalue weighted by atomic mass is 10.1. The zero-order chi connectivity index (χ0) is 14.4. The Morgan fingerprint density at radius 3 is 2.65 bits per heavy atom. The second-order valence-electron chi connectivity index (χ2n) is 4.95. The van der Waals surface area contributed by atoms with Gasteiger partial charge in [0.05, 0.1) is 6.61 Å². The molecule has 0 unspecified atom stereocenters. The molecule has 5 heteroatoms. The summed E-state index contributed by atoms with van der Waals surface area (Å²) in [5.41, 5.74) is 7.01. The first kappa shape index (κ1) is 14.2. The smallest absolute Gasteiger partial charge is 0.218 e. The summed E-state index contributed by atoms with van der Waals surface area (Å²) in [4.78, 5) is 12.5. The highest BCUT2D eigenvalue weighted by Gasteiger charge is 2.07. The highest BCUT2D eigenvalue weighted by Crippen LogP contribution is 2.16. The van der Waals surface area contributed by atoms with E-state index in [-0.39, 0.29) is 5.92 Å². The van der Waals surface area contributed by atoms with Crippen molar-refractivity contribution in [2.45, 2.75) is 32.6 Å². The predicted molar refractivity (Wildman–Crippen MR) is 78.6 cm³/mol. The van der Waals surface area contributed by atoms with Crippen LogP contribution in [0.3, 0.4) is 0 Å². The van der Waals surface area contributed by atoms with Gasteiger partial charge in [0.1, 0.15) is 11.6 Å². The van der Waals surface area contributed by atoms with Crippen molar-refractivity contribution in [3.05, 3.63) is 42.0 Å². The zero-order valence-corrected chi connectivity index (χ0v) is 11.9. The Labute approximate surface area is 119 Å². The fourth-order valence-corrected chi connectivity index (χ4v) is 1.80. The average Bonchev–Trinajstić information content (AvgIpc) is 2.44. The first-order chi connectivity index (χ1) is 9.65. The van der Waals surface area contributed by atoms with E-state index < -0.39 is 0 Å². The van der Waals surface area contributed by atoms with Gasteiger partial charge in [0.2, 0.25) is 5.88 Å². The van der Waals surface area contributed by atoms with E-state index in [1.54, 1.807) is 18.5 Å². The lowest BCUT2D eigenvalue weighted by Gasteiger charge is -2.09. The van der Waals surface area contributed by atoms with Crippen molar-refractivity contribution >= 4 is 5.82 Å². The molecule has 2 aromatic rings. The number of ether oxygens (including phenoxy) is 1. The molecule has 0 aliphatic rings. The number of nitrogens with zero attached hydrogens (tertiary/aromatic N) is 3. The Balaban J connectivity index is 1.85. The van der Waals surface area contributed by atoms with Gasteiger partial charge in [-0.05, 0) is 30.5 Å². The summed E-state index contributed by atoms with van der Waals surface area (Å²) in [5.74, 6) is 1.95. The van der Waals surface area contributed by atoms with Crippen molar-refractivity contribution in [2.24, 2.45) is 0 Å². The van der Waals surface area contributed by atoms with Crippen LogP contribution in [0, 0.1) is 0 Å². The highest BCUT2D eigenvalue weighted by molar-refractivity contribution is 5.33. The molecule has 0 saturated carbocycles. The Kier molecular flexibility index (Phi) is 4.87. The maximum absolute atomic E-state index is 5.75. The maximum Gasteiger partial charge on any atom is 0.218 e. The number of nitrogens with two attached hydrogens (primary N) is 1. The van der Waals surface area contributed by atoms with Gasteiger partial charge in [-0.25, -0.2) is 4.98 Å². The van der Waals surface area contributed by atoms with Gasteiger partial charge in [0.15, 0.2) is 0 Å². The van der Waals surface area contributed by atoms with Crippen LogP contribution in [0.5, 0.6) is 5.88 Å². The summed E-state index contributed by atoms with van der Waals surface area (Å²) in [6, 6.07) is 5.69. The molecule has 2 heterocycles. The van der Waals surface area contributed by atoms with Crippen molar-refractivity contribution in [3.63, 3.8) is 0 Å². The molecule has 0 spiro atoms. The van der Waals surface area contributed by atoms with Crippen LogP contribution in [0.1, 0.15) is 37.6 Å². The van der Waals surface area contributed by atoms with Crippen LogP contribution in [0.4, 0.5) is 5.82 Å². The third-order valence-corrected chi connectivity index (χ3v) is 2.87. The first-order valence-electron chi connectivity index (χ1n) is 6.81. The summed E-state index contributed by atoms with van der Waals surface area (Å²) in [7, 11) is 0. The molecule has 0 fully saturated rings. The van der Waals surface area contributed by atoms with E-state index in [2.05, 4.69) is 15.0 Å². The third kappa shape index (κ3) is 4.19. The van der Waals surface area contributed by atoms with E-state index >= 15 is 0 Å². The van der Waals surface area contributed by atoms with Crippen LogP contribution in [-0.2, 0) is 6.42 Å². The fraction of sp³-hybridized carbons (Fsp3) is 0.400. The van der Waals surface area contributed by atoms with E-state index in [9.17, 15) is 0 Å². The molecule has 0 amide bonds. The lowest BCUT2D eigenvalue weighted by molar-refractivity contribution is 0.297. The van der Waals surface area contributed by atoms with E-state index in [4.69, 9.17) is 10.5 Å². The number of nitrogen functional groups attached to an aromatic ring is 1. The van der Waals surface area contributed by atoms with Crippen molar-refractivity contribution < 1.29 is 4.74 Å². The normalized spacial score (nSPS) is 10.8. The van der Waals surface area contributed by atoms with E-state index in [0.29, 0.717) is 24.1 Å². The largest absolute Gasteiger partial charge is 0.478 e. The van der Waals surface area contributed by atoms with Gasteiger partial charge in [-0.2, -0.15) is 4.98 Å². The van der Waals surface area contributed by atoms with Gasteiger partial charge in [-0.1, -0.05) is 13.8 Å². The lowest BCUT2D eigenvalue weighted by Crippen LogP contribution is -2.06. The van der Waals surface area contributed by atoms with Gasteiger partial charge in [-0.15, -0.1) is 0 Å². The minimum absolute atomic E-state index is 0.234. The van der Waals surface area contributed by atoms with Crippen molar-refractivity contribution in [1.82, 2.24) is 15.0 Å². The molecule has 0 bridgehead atoms. The topological polar surface area (TPSA) is 73.9 Å². The third-order valence-electron chi connectivity index (χ3n) is 2.87. The van der Waals surface area contributed by atoms with E-state index in [1.807, 2.05) is 26.0 Å². The van der Waals surface area contributed by atoms with Crippen LogP contribution in [0.25, 0.3) is 0 Å². The first-order valence-corrected chi connectivity index (χ1v) is 6.81. The van der Waals surface area contributed by atoms with Crippen molar-refractivity contribution in [2.75, 3.05) is 12.3 Å². The van der Waals surface area contributed by atoms with Gasteiger partial charge in [0.25, 0.3) is 0 Å². The molecular weight excluding hydrogens is 252 g/mol. The Morgan fingerprint density at radius 1 is 1.20 bits per heavy atom. The minimum Gasteiger partial charge on any atom is -0.478 e. The summed E-state index contributed by atoms with van der Waals surface area (Å²) in [5, 5.41) is 0. The number of anilines is 1. The quantitative estimate of drug-likeness (QED) is 0.818. The van der Waals surface area contributed by atoms with Crippen LogP contribution in [0.15, 0.2) is 30.6 Å². The second-order valence-corrected chi connectivity index (χ2v) is 4.95. The fourth-order valence-electron chi connectivity index (χ4n) is 1.80. The molecule has 106 valence electrons. The molecule has 2 aromatic heterocycles. The summed E-state index contributed by atoms with van der Waals surface area (Å²) < 4.78 is 5.65. The number of pyridine rings is 1. The molecule has 0 aliphatic heterocycles. The number of hydrogen-bond donors (Lipinski definition) is 1. The second kappa shape index (κ2) is 6.84. The minimum atomic E-state index is 0.234. The summed E-state index contributed by atoms with van der Waals surface area (Å²) >= 11 is 0. The molecule has 0 aromatic carbocycles. The molecule has 0 radical (unpaired) electrons. The summed E-state index contributed by atoms with van der Waals surface area (Å²) in [6.07, 6.45) is 5.48. The molecule has 2 N–H and O–H groups in total. The van der Waals surface area contributed by atoms with Gasteiger partial charge >= 0.3 is 0 Å². The standard InChI is InChI=1S/C15H20N4O/c1-11(2)15-18-13(16)10-14(19-15)20-9-3-4-12-5-7-17-8-6-12/h5-8,10-11H,3-4,9H2,1-2H3,(H2,16,18,19). The molecule has 2 rings (SSSR count). The van der Waals surface area contributed by atoms with Crippen LogP contribution < -0.4 is 10.5 Å². The number of aryl methyl sites for hydroxylation is 1. The Bertz CT molecular complexity index is 543. The molecule has 0 saturated heterocycles. The number of rotatable bonds is 6. The highest BCUT2D eigenvalue weighted by atomic mass is 16.5. The Morgan fingerprint density at radius 2 is 1.95 bits per heavy atom. The van der Waals surface area contributed by atoms with Crippen molar-refractivity contribution in [1.29, 1.82) is 0 Å². The zero-order valence-electron chi connectivity index (χ0n) is 11.9. The van der Waals surface area contributed by atoms with Crippen molar-refractivity contribution in [3.8, 4) is 5.88 Å². The molecular formula is C15H20N4O. The monoisotopic (exact) mass is 272 g/mol. The van der Waals surface area contributed by atoms with Gasteiger partial charge < -0.3 is 10.5 Å². The van der Waals surface area contributed by atoms with Crippen LogP contribution in [-0.4, -0.2) is 21.6 Å². The molecule has 20 heavy (non-hydrogen) atoms. The Hall–Kier alpha value is -2.17. The van der Waals surface area contributed by atoms with Crippen LogP contribution in [0.2, 0.25) is 0 Å². The van der Waals surface area contributed by atoms with Crippen LogP contribution >= 0.6 is 0 Å². The molecule has 0 atom stereocenters. The number of hydrogen-bond acceptors (Lipinski definition) is 5. The number of aromatic nitrogens is 3. The average molecular weight is 272 g/mol. The van der Waals surface area contributed by atoms with E-state index in [1.165, 1.54) is 5.56 Å².